The number of aromatic nitrogens is 3. The first kappa shape index (κ1) is 15.5. The lowest BCUT2D eigenvalue weighted by Gasteiger charge is -2.16. The van der Waals surface area contributed by atoms with Crippen LogP contribution in [0.5, 0.6) is 0 Å². The van der Waals surface area contributed by atoms with Gasteiger partial charge in [-0.25, -0.2) is 4.98 Å². The van der Waals surface area contributed by atoms with E-state index in [9.17, 15) is 13.2 Å². The number of nitrogens with zero attached hydrogens (tertiary/aromatic N) is 3. The predicted molar refractivity (Wildman–Crippen MR) is 72.6 cm³/mol. The predicted octanol–water partition coefficient (Wildman–Crippen LogP) is 2.73. The molecule has 0 aliphatic rings. The Morgan fingerprint density at radius 2 is 2.05 bits per heavy atom. The molecule has 0 radical (unpaired) electrons. The van der Waals surface area contributed by atoms with Crippen molar-refractivity contribution in [1.82, 2.24) is 19.9 Å². The number of hydrogen-bond donors (Lipinski definition) is 1. The maximum Gasteiger partial charge on any atom is 0.417 e. The van der Waals surface area contributed by atoms with Crippen molar-refractivity contribution in [2.24, 2.45) is 7.05 Å². The van der Waals surface area contributed by atoms with E-state index in [2.05, 4.69) is 15.3 Å². The lowest BCUT2D eigenvalue weighted by atomic mass is 10.1. The van der Waals surface area contributed by atoms with E-state index < -0.39 is 11.7 Å². The van der Waals surface area contributed by atoms with Crippen LogP contribution in [0, 0.1) is 0 Å². The number of hydrogen-bond acceptors (Lipinski definition) is 3. The highest BCUT2D eigenvalue weighted by atomic mass is 19.4. The Balaban J connectivity index is 2.05. The second-order valence-corrected chi connectivity index (χ2v) is 4.80. The minimum Gasteiger partial charge on any atom is -0.338 e. The molecule has 1 atom stereocenters. The van der Waals surface area contributed by atoms with E-state index >= 15 is 0 Å². The summed E-state index contributed by atoms with van der Waals surface area (Å²) in [6.07, 6.45) is 1.53. The molecule has 114 valence electrons. The Bertz CT molecular complexity index is 575. The molecule has 0 spiro atoms. The third-order valence-electron chi connectivity index (χ3n) is 3.40. The van der Waals surface area contributed by atoms with Gasteiger partial charge in [-0.05, 0) is 25.6 Å². The molecule has 2 aromatic heterocycles. The zero-order valence-corrected chi connectivity index (χ0v) is 11.9. The standard InChI is InChI=1S/C14H17F3N4/c1-18-11(5-6-13-19-7-8-21(13)2)12-4-3-10(9-20-12)14(15,16)17/h3-4,7-9,11,18H,5-6H2,1-2H3. The number of halogens is 3. The Labute approximate surface area is 121 Å². The summed E-state index contributed by atoms with van der Waals surface area (Å²) in [5, 5.41) is 3.08. The molecule has 21 heavy (non-hydrogen) atoms. The van der Waals surface area contributed by atoms with E-state index in [0.717, 1.165) is 24.5 Å². The van der Waals surface area contributed by atoms with E-state index in [4.69, 9.17) is 0 Å². The zero-order valence-electron chi connectivity index (χ0n) is 11.9. The van der Waals surface area contributed by atoms with Crippen molar-refractivity contribution in [3.05, 3.63) is 47.8 Å². The number of rotatable bonds is 5. The fraction of sp³-hybridized carbons (Fsp3) is 0.429. The number of pyridine rings is 1. The highest BCUT2D eigenvalue weighted by molar-refractivity contribution is 5.19. The fourth-order valence-electron chi connectivity index (χ4n) is 2.13. The van der Waals surface area contributed by atoms with Crippen molar-refractivity contribution in [1.29, 1.82) is 0 Å². The topological polar surface area (TPSA) is 42.7 Å². The van der Waals surface area contributed by atoms with Crippen molar-refractivity contribution in [3.63, 3.8) is 0 Å². The largest absolute Gasteiger partial charge is 0.417 e. The van der Waals surface area contributed by atoms with Crippen LogP contribution in [0.25, 0.3) is 0 Å². The van der Waals surface area contributed by atoms with Gasteiger partial charge in [0.1, 0.15) is 5.82 Å². The van der Waals surface area contributed by atoms with Gasteiger partial charge < -0.3 is 9.88 Å². The van der Waals surface area contributed by atoms with Crippen LogP contribution in [-0.4, -0.2) is 21.6 Å². The van der Waals surface area contributed by atoms with Gasteiger partial charge in [-0.1, -0.05) is 0 Å². The maximum absolute atomic E-state index is 12.5. The molecule has 0 aliphatic heterocycles. The summed E-state index contributed by atoms with van der Waals surface area (Å²) in [5.41, 5.74) is -0.134. The molecular formula is C14H17F3N4. The van der Waals surface area contributed by atoms with E-state index in [1.54, 1.807) is 13.2 Å². The molecule has 0 saturated heterocycles. The molecule has 1 N–H and O–H groups in total. The van der Waals surface area contributed by atoms with Crippen molar-refractivity contribution >= 4 is 0 Å². The number of alkyl halides is 3. The Morgan fingerprint density at radius 3 is 2.52 bits per heavy atom. The lowest BCUT2D eigenvalue weighted by molar-refractivity contribution is -0.137. The van der Waals surface area contributed by atoms with Gasteiger partial charge in [0.15, 0.2) is 0 Å². The molecule has 0 fully saturated rings. The summed E-state index contributed by atoms with van der Waals surface area (Å²) >= 11 is 0. The smallest absolute Gasteiger partial charge is 0.338 e. The van der Waals surface area contributed by atoms with Crippen LogP contribution in [0.15, 0.2) is 30.7 Å². The minimum atomic E-state index is -4.35. The summed E-state index contributed by atoms with van der Waals surface area (Å²) in [5.74, 6) is 0.933. The molecule has 2 heterocycles. The van der Waals surface area contributed by atoms with Gasteiger partial charge in [0, 0.05) is 38.1 Å². The van der Waals surface area contributed by atoms with Crippen LogP contribution >= 0.6 is 0 Å². The minimum absolute atomic E-state index is 0.107. The third kappa shape index (κ3) is 3.81. The first-order valence-electron chi connectivity index (χ1n) is 6.58. The second-order valence-electron chi connectivity index (χ2n) is 4.80. The van der Waals surface area contributed by atoms with Gasteiger partial charge in [0.25, 0.3) is 0 Å². The van der Waals surface area contributed by atoms with Crippen molar-refractivity contribution in [2.75, 3.05) is 7.05 Å². The highest BCUT2D eigenvalue weighted by Gasteiger charge is 2.30. The average molecular weight is 298 g/mol. The number of aryl methyl sites for hydroxylation is 2. The zero-order chi connectivity index (χ0) is 15.5. The SMILES string of the molecule is CNC(CCc1nccn1C)c1ccc(C(F)(F)F)cn1. The van der Waals surface area contributed by atoms with Crippen molar-refractivity contribution < 1.29 is 13.2 Å². The van der Waals surface area contributed by atoms with Gasteiger partial charge in [0.05, 0.1) is 11.3 Å². The second kappa shape index (κ2) is 6.26. The molecule has 7 heteroatoms. The Morgan fingerprint density at radius 1 is 1.29 bits per heavy atom. The van der Waals surface area contributed by atoms with Crippen LogP contribution < -0.4 is 5.32 Å². The van der Waals surface area contributed by atoms with Crippen LogP contribution in [0.4, 0.5) is 13.2 Å². The summed E-state index contributed by atoms with van der Waals surface area (Å²) < 4.78 is 39.5. The molecule has 0 amide bonds. The molecule has 2 aromatic rings. The van der Waals surface area contributed by atoms with Gasteiger partial charge in [-0.2, -0.15) is 13.2 Å². The molecule has 4 nitrogen and oxygen atoms in total. The third-order valence-corrected chi connectivity index (χ3v) is 3.40. The monoisotopic (exact) mass is 298 g/mol. The van der Waals surface area contributed by atoms with Crippen molar-refractivity contribution in [3.8, 4) is 0 Å². The van der Waals surface area contributed by atoms with E-state index in [0.29, 0.717) is 12.1 Å². The lowest BCUT2D eigenvalue weighted by Crippen LogP contribution is -2.19. The van der Waals surface area contributed by atoms with Gasteiger partial charge >= 0.3 is 6.18 Å². The number of imidazole rings is 1. The fourth-order valence-corrected chi connectivity index (χ4v) is 2.13. The number of nitrogens with one attached hydrogen (secondary N) is 1. The van der Waals surface area contributed by atoms with E-state index in [1.807, 2.05) is 17.8 Å². The van der Waals surface area contributed by atoms with Crippen LogP contribution in [0.2, 0.25) is 0 Å². The quantitative estimate of drug-likeness (QED) is 0.923. The average Bonchev–Trinajstić information content (AvgIpc) is 2.85. The Kier molecular flexibility index (Phi) is 4.62. The molecule has 1 unspecified atom stereocenters. The summed E-state index contributed by atoms with van der Waals surface area (Å²) in [6.45, 7) is 0. The molecule has 0 aliphatic carbocycles. The van der Waals surface area contributed by atoms with Gasteiger partial charge in [-0.3, -0.25) is 4.98 Å². The normalized spacial score (nSPS) is 13.4. The highest BCUT2D eigenvalue weighted by Crippen LogP contribution is 2.29. The summed E-state index contributed by atoms with van der Waals surface area (Å²) in [6, 6.07) is 2.37. The summed E-state index contributed by atoms with van der Waals surface area (Å²) in [4.78, 5) is 8.16. The summed E-state index contributed by atoms with van der Waals surface area (Å²) in [7, 11) is 3.68. The van der Waals surface area contributed by atoms with Gasteiger partial charge in [0.2, 0.25) is 0 Å². The first-order valence-corrected chi connectivity index (χ1v) is 6.58. The van der Waals surface area contributed by atoms with Crippen molar-refractivity contribution in [2.45, 2.75) is 25.1 Å². The molecule has 0 aromatic carbocycles. The molecule has 0 bridgehead atoms. The molecular weight excluding hydrogens is 281 g/mol. The molecule has 2 rings (SSSR count). The van der Waals surface area contributed by atoms with Crippen LogP contribution in [0.3, 0.4) is 0 Å². The first-order chi connectivity index (χ1) is 9.91. The van der Waals surface area contributed by atoms with Crippen LogP contribution in [0.1, 0.15) is 29.5 Å². The maximum atomic E-state index is 12.5. The van der Waals surface area contributed by atoms with Crippen LogP contribution in [-0.2, 0) is 19.6 Å². The van der Waals surface area contributed by atoms with E-state index in [-0.39, 0.29) is 6.04 Å². The Hall–Kier alpha value is -1.89. The van der Waals surface area contributed by atoms with Gasteiger partial charge in [-0.15, -0.1) is 0 Å². The molecule has 0 saturated carbocycles. The van der Waals surface area contributed by atoms with E-state index in [1.165, 1.54) is 6.07 Å².